The third-order valence-corrected chi connectivity index (χ3v) is 6.67. The molecular weight excluding hydrogens is 500 g/mol. The molecule has 0 fully saturated rings. The number of halogens is 3. The number of anilines is 2. The first-order valence-corrected chi connectivity index (χ1v) is 11.7. The van der Waals surface area contributed by atoms with E-state index in [4.69, 9.17) is 33.7 Å². The van der Waals surface area contributed by atoms with Gasteiger partial charge in [-0.2, -0.15) is 4.37 Å². The van der Waals surface area contributed by atoms with Crippen LogP contribution in [0.15, 0.2) is 59.9 Å². The zero-order valence-corrected chi connectivity index (χ0v) is 18.9. The maximum Gasteiger partial charge on any atom is 0.266 e. The highest BCUT2D eigenvalue weighted by Crippen LogP contribution is 2.39. The van der Waals surface area contributed by atoms with Crippen LogP contribution in [0.3, 0.4) is 0 Å². The van der Waals surface area contributed by atoms with Gasteiger partial charge in [0, 0.05) is 40.1 Å². The van der Waals surface area contributed by atoms with Gasteiger partial charge >= 0.3 is 0 Å². The van der Waals surface area contributed by atoms with Crippen molar-refractivity contribution >= 4 is 55.6 Å². The summed E-state index contributed by atoms with van der Waals surface area (Å²) in [6.45, 7) is 0. The Morgan fingerprint density at radius 3 is 2.59 bits per heavy atom. The Bertz CT molecular complexity index is 1400. The highest BCUT2D eigenvalue weighted by atomic mass is 35.5. The molecule has 2 aromatic heterocycles. The van der Waals surface area contributed by atoms with Crippen molar-refractivity contribution in [3.8, 4) is 22.8 Å². The summed E-state index contributed by atoms with van der Waals surface area (Å²) in [7, 11) is -4.29. The molecule has 0 saturated carbocycles. The number of rotatable bonds is 6. The lowest BCUT2D eigenvalue weighted by atomic mass is 10.1. The first-order chi connectivity index (χ1) is 15.2. The van der Waals surface area contributed by atoms with Gasteiger partial charge in [0.15, 0.2) is 0 Å². The summed E-state index contributed by atoms with van der Waals surface area (Å²) in [5.41, 5.74) is 7.26. The molecule has 3 N–H and O–H groups in total. The summed E-state index contributed by atoms with van der Waals surface area (Å²) in [6, 6.07) is 9.80. The molecule has 0 aliphatic carbocycles. The maximum atomic E-state index is 14.8. The molecule has 32 heavy (non-hydrogen) atoms. The second kappa shape index (κ2) is 8.87. The molecule has 2 heterocycles. The number of nitrogens with two attached hydrogens (primary N) is 1. The van der Waals surface area contributed by atoms with E-state index in [1.165, 1.54) is 12.5 Å². The van der Waals surface area contributed by atoms with Gasteiger partial charge < -0.3 is 10.5 Å². The molecule has 0 atom stereocenters. The molecule has 0 aliphatic rings. The standard InChI is InChI=1S/C19H12Cl2FN5O3S2/c20-10-1-2-16(12(5-10)15-6-11(23)3-4-24-15)30-17-8-14(22)18(7-13(17)21)32(28,29)27-19-25-9-26-31-19/h1-9H,(H2,23,24)(H,25,26,27). The Labute approximate surface area is 196 Å². The van der Waals surface area contributed by atoms with E-state index < -0.39 is 20.7 Å². The number of hydrogen-bond acceptors (Lipinski definition) is 8. The second-order valence-corrected chi connectivity index (χ2v) is 9.56. The lowest BCUT2D eigenvalue weighted by Crippen LogP contribution is -2.14. The first kappa shape index (κ1) is 22.2. The van der Waals surface area contributed by atoms with Gasteiger partial charge in [0.05, 0.1) is 10.7 Å². The van der Waals surface area contributed by atoms with Crippen LogP contribution in [-0.4, -0.2) is 22.8 Å². The summed E-state index contributed by atoms with van der Waals surface area (Å²) in [5.74, 6) is -0.915. The molecule has 164 valence electrons. The van der Waals surface area contributed by atoms with E-state index in [1.807, 2.05) is 0 Å². The van der Waals surface area contributed by atoms with Crippen LogP contribution in [0, 0.1) is 5.82 Å². The van der Waals surface area contributed by atoms with E-state index in [-0.39, 0.29) is 21.7 Å². The van der Waals surface area contributed by atoms with Gasteiger partial charge in [0.25, 0.3) is 10.0 Å². The van der Waals surface area contributed by atoms with Crippen LogP contribution in [-0.2, 0) is 10.0 Å². The van der Waals surface area contributed by atoms with Gasteiger partial charge in [-0.15, -0.1) is 0 Å². The number of ether oxygens (including phenoxy) is 1. The van der Waals surface area contributed by atoms with Gasteiger partial charge in [-0.25, -0.2) is 17.8 Å². The number of nitrogen functional groups attached to an aromatic ring is 1. The van der Waals surface area contributed by atoms with Crippen molar-refractivity contribution in [2.75, 3.05) is 10.5 Å². The molecule has 0 radical (unpaired) electrons. The van der Waals surface area contributed by atoms with Gasteiger partial charge in [0.2, 0.25) is 5.13 Å². The number of pyridine rings is 1. The second-order valence-electron chi connectivity index (χ2n) is 6.28. The average molecular weight is 512 g/mol. The number of nitrogens with zero attached hydrogens (tertiary/aromatic N) is 3. The fourth-order valence-electron chi connectivity index (χ4n) is 2.69. The number of benzene rings is 2. The smallest absolute Gasteiger partial charge is 0.266 e. The molecule has 13 heteroatoms. The molecule has 0 amide bonds. The van der Waals surface area contributed by atoms with E-state index in [9.17, 15) is 12.8 Å². The lowest BCUT2D eigenvalue weighted by Gasteiger charge is -2.14. The molecule has 4 aromatic rings. The van der Waals surface area contributed by atoms with Crippen LogP contribution in [0.5, 0.6) is 11.5 Å². The lowest BCUT2D eigenvalue weighted by molar-refractivity contribution is 0.475. The van der Waals surface area contributed by atoms with Gasteiger partial charge in [-0.3, -0.25) is 9.71 Å². The summed E-state index contributed by atoms with van der Waals surface area (Å²) in [6.07, 6.45) is 2.69. The molecule has 8 nitrogen and oxygen atoms in total. The van der Waals surface area contributed by atoms with Crippen molar-refractivity contribution in [1.29, 1.82) is 0 Å². The van der Waals surface area contributed by atoms with Crippen molar-refractivity contribution in [2.24, 2.45) is 0 Å². The third kappa shape index (κ3) is 4.75. The Morgan fingerprint density at radius 2 is 1.88 bits per heavy atom. The van der Waals surface area contributed by atoms with E-state index in [0.717, 1.165) is 23.7 Å². The maximum absolute atomic E-state index is 14.8. The summed E-state index contributed by atoms with van der Waals surface area (Å²) < 4.78 is 51.4. The number of sulfonamides is 1. The summed E-state index contributed by atoms with van der Waals surface area (Å²) in [4.78, 5) is 7.30. The Kier molecular flexibility index (Phi) is 6.15. The predicted octanol–water partition coefficient (Wildman–Crippen LogP) is 5.22. The van der Waals surface area contributed by atoms with Crippen LogP contribution >= 0.6 is 34.7 Å². The van der Waals surface area contributed by atoms with E-state index in [1.54, 1.807) is 30.3 Å². The van der Waals surface area contributed by atoms with Crippen LogP contribution in [0.25, 0.3) is 11.3 Å². The van der Waals surface area contributed by atoms with E-state index in [2.05, 4.69) is 19.1 Å². The zero-order valence-electron chi connectivity index (χ0n) is 15.8. The summed E-state index contributed by atoms with van der Waals surface area (Å²) in [5, 5.41) is 0.268. The topological polar surface area (TPSA) is 120 Å². The molecule has 0 spiro atoms. The van der Waals surface area contributed by atoms with Crippen LogP contribution in [0.2, 0.25) is 10.0 Å². The number of aromatic nitrogens is 3. The fraction of sp³-hybridized carbons (Fsp3) is 0. The quantitative estimate of drug-likeness (QED) is 0.363. The Morgan fingerprint density at radius 1 is 1.06 bits per heavy atom. The highest BCUT2D eigenvalue weighted by Gasteiger charge is 2.24. The third-order valence-electron chi connectivity index (χ3n) is 4.08. The van der Waals surface area contributed by atoms with E-state index >= 15 is 0 Å². The van der Waals surface area contributed by atoms with Crippen LogP contribution < -0.4 is 15.2 Å². The molecule has 0 unspecified atom stereocenters. The number of nitrogens with one attached hydrogen (secondary N) is 1. The average Bonchev–Trinajstić information content (AvgIpc) is 3.24. The van der Waals surface area contributed by atoms with Gasteiger partial charge in [-0.1, -0.05) is 23.2 Å². The molecule has 0 saturated heterocycles. The Balaban J connectivity index is 1.70. The van der Waals surface area contributed by atoms with Crippen molar-refractivity contribution in [1.82, 2.24) is 14.3 Å². The predicted molar refractivity (Wildman–Crippen MR) is 121 cm³/mol. The fourth-order valence-corrected chi connectivity index (χ4v) is 4.87. The zero-order chi connectivity index (χ0) is 22.9. The van der Waals surface area contributed by atoms with E-state index in [0.29, 0.717) is 22.0 Å². The summed E-state index contributed by atoms with van der Waals surface area (Å²) >= 11 is 13.1. The van der Waals surface area contributed by atoms with Gasteiger partial charge in [0.1, 0.15) is 28.5 Å². The van der Waals surface area contributed by atoms with Crippen molar-refractivity contribution in [3.63, 3.8) is 0 Å². The molecule has 0 aliphatic heterocycles. The van der Waals surface area contributed by atoms with Crippen LogP contribution in [0.4, 0.5) is 15.2 Å². The molecule has 4 rings (SSSR count). The normalized spacial score (nSPS) is 11.3. The van der Waals surface area contributed by atoms with Crippen molar-refractivity contribution in [3.05, 3.63) is 70.9 Å². The Hall–Kier alpha value is -2.99. The minimum absolute atomic E-state index is 0.0127. The largest absolute Gasteiger partial charge is 0.455 e. The first-order valence-electron chi connectivity index (χ1n) is 8.71. The molecule has 0 bridgehead atoms. The minimum atomic E-state index is -4.29. The number of hydrogen-bond donors (Lipinski definition) is 2. The van der Waals surface area contributed by atoms with Crippen molar-refractivity contribution in [2.45, 2.75) is 4.90 Å². The van der Waals surface area contributed by atoms with Gasteiger partial charge in [-0.05, 0) is 36.4 Å². The monoisotopic (exact) mass is 511 g/mol. The SMILES string of the molecule is Nc1ccnc(-c2cc(Cl)ccc2Oc2cc(F)c(S(=O)(=O)Nc3ncns3)cc2Cl)c1. The minimum Gasteiger partial charge on any atom is -0.455 e. The highest BCUT2D eigenvalue weighted by molar-refractivity contribution is 7.93. The van der Waals surface area contributed by atoms with Crippen molar-refractivity contribution < 1.29 is 17.5 Å². The molecule has 2 aromatic carbocycles. The molecular formula is C19H12Cl2FN5O3S2. The van der Waals surface area contributed by atoms with Crippen LogP contribution in [0.1, 0.15) is 0 Å².